The van der Waals surface area contributed by atoms with E-state index in [1.165, 1.54) is 0 Å². The van der Waals surface area contributed by atoms with Crippen LogP contribution >= 0.6 is 11.6 Å². The van der Waals surface area contributed by atoms with E-state index < -0.39 is 11.7 Å². The summed E-state index contributed by atoms with van der Waals surface area (Å²) in [6.45, 7) is 1.64. The van der Waals surface area contributed by atoms with E-state index in [9.17, 15) is 9.90 Å². The third-order valence-electron chi connectivity index (χ3n) is 3.66. The number of ketones is 1. The van der Waals surface area contributed by atoms with E-state index in [1.807, 2.05) is 0 Å². The standard InChI is InChI=1S/C16H13ClO3/c1-10-15(18)11-6-2-5-9-14(11)20-16(10,19)12-7-3-4-8-13(12)17/h2-10,19H,1H3/t10-,16-/m1/s1. The number of hydrogen-bond acceptors (Lipinski definition) is 3. The second-order valence-corrected chi connectivity index (χ2v) is 5.27. The summed E-state index contributed by atoms with van der Waals surface area (Å²) < 4.78 is 5.72. The highest BCUT2D eigenvalue weighted by Crippen LogP contribution is 2.43. The number of hydrogen-bond donors (Lipinski definition) is 1. The molecule has 0 unspecified atom stereocenters. The summed E-state index contributed by atoms with van der Waals surface area (Å²) in [5, 5.41) is 11.3. The van der Waals surface area contributed by atoms with Gasteiger partial charge in [0, 0.05) is 5.56 Å². The minimum Gasteiger partial charge on any atom is -0.457 e. The average Bonchev–Trinajstić information content (AvgIpc) is 2.45. The van der Waals surface area contributed by atoms with Gasteiger partial charge < -0.3 is 9.84 Å². The molecule has 1 N–H and O–H groups in total. The highest BCUT2D eigenvalue weighted by molar-refractivity contribution is 6.31. The van der Waals surface area contributed by atoms with Crippen molar-refractivity contribution in [2.24, 2.45) is 5.92 Å². The van der Waals surface area contributed by atoms with Crippen molar-refractivity contribution in [2.75, 3.05) is 0 Å². The Balaban J connectivity index is 2.17. The minimum absolute atomic E-state index is 0.158. The molecule has 0 spiro atoms. The van der Waals surface area contributed by atoms with Crippen molar-refractivity contribution >= 4 is 17.4 Å². The van der Waals surface area contributed by atoms with Crippen LogP contribution in [-0.4, -0.2) is 10.9 Å². The number of para-hydroxylation sites is 1. The molecule has 0 radical (unpaired) electrons. The third kappa shape index (κ3) is 1.82. The van der Waals surface area contributed by atoms with E-state index in [0.29, 0.717) is 21.9 Å². The zero-order valence-electron chi connectivity index (χ0n) is 10.8. The molecule has 1 aliphatic heterocycles. The van der Waals surface area contributed by atoms with Crippen LogP contribution in [0.25, 0.3) is 0 Å². The molecule has 0 bridgehead atoms. The Hall–Kier alpha value is -1.84. The smallest absolute Gasteiger partial charge is 0.246 e. The Morgan fingerprint density at radius 1 is 1.15 bits per heavy atom. The lowest BCUT2D eigenvalue weighted by molar-refractivity contribution is -0.176. The van der Waals surface area contributed by atoms with E-state index in [2.05, 4.69) is 0 Å². The third-order valence-corrected chi connectivity index (χ3v) is 3.99. The number of aliphatic hydroxyl groups is 1. The van der Waals surface area contributed by atoms with E-state index in [4.69, 9.17) is 16.3 Å². The molecule has 4 heteroatoms. The van der Waals surface area contributed by atoms with Gasteiger partial charge in [0.25, 0.3) is 0 Å². The first-order valence-corrected chi connectivity index (χ1v) is 6.71. The zero-order valence-corrected chi connectivity index (χ0v) is 11.6. The van der Waals surface area contributed by atoms with E-state index in [-0.39, 0.29) is 5.78 Å². The van der Waals surface area contributed by atoms with Crippen molar-refractivity contribution in [3.63, 3.8) is 0 Å². The quantitative estimate of drug-likeness (QED) is 0.875. The van der Waals surface area contributed by atoms with E-state index in [1.54, 1.807) is 55.5 Å². The predicted molar refractivity (Wildman–Crippen MR) is 75.9 cm³/mol. The first-order chi connectivity index (χ1) is 9.54. The number of rotatable bonds is 1. The van der Waals surface area contributed by atoms with Gasteiger partial charge in [-0.25, -0.2) is 0 Å². The van der Waals surface area contributed by atoms with Gasteiger partial charge in [-0.05, 0) is 25.1 Å². The van der Waals surface area contributed by atoms with Crippen LogP contribution in [0.15, 0.2) is 48.5 Å². The molecular formula is C16H13ClO3. The van der Waals surface area contributed by atoms with Gasteiger partial charge in [-0.2, -0.15) is 0 Å². The van der Waals surface area contributed by atoms with E-state index in [0.717, 1.165) is 0 Å². The molecule has 3 nitrogen and oxygen atoms in total. The van der Waals surface area contributed by atoms with Crippen LogP contribution in [0.3, 0.4) is 0 Å². The van der Waals surface area contributed by atoms with Gasteiger partial charge in [0.1, 0.15) is 5.75 Å². The monoisotopic (exact) mass is 288 g/mol. The number of ether oxygens (including phenoxy) is 1. The van der Waals surface area contributed by atoms with E-state index >= 15 is 0 Å². The summed E-state index contributed by atoms with van der Waals surface area (Å²) in [5.41, 5.74) is 0.883. The van der Waals surface area contributed by atoms with Gasteiger partial charge in [-0.3, -0.25) is 4.79 Å². The summed E-state index contributed by atoms with van der Waals surface area (Å²) >= 11 is 6.14. The fourth-order valence-corrected chi connectivity index (χ4v) is 2.74. The van der Waals surface area contributed by atoms with Crippen molar-refractivity contribution in [1.82, 2.24) is 0 Å². The van der Waals surface area contributed by atoms with Crippen LogP contribution in [0.1, 0.15) is 22.8 Å². The number of carbonyl (C=O) groups excluding carboxylic acids is 1. The Kier molecular flexibility index (Phi) is 3.04. The summed E-state index contributed by atoms with van der Waals surface area (Å²) in [6.07, 6.45) is 0. The summed E-state index contributed by atoms with van der Waals surface area (Å²) in [5.74, 6) is -2.27. The molecule has 1 aliphatic rings. The zero-order chi connectivity index (χ0) is 14.3. The minimum atomic E-state index is -1.75. The van der Waals surface area contributed by atoms with Crippen LogP contribution < -0.4 is 4.74 Å². The average molecular weight is 289 g/mol. The second kappa shape index (κ2) is 4.62. The van der Waals surface area contributed by atoms with Gasteiger partial charge in [0.15, 0.2) is 5.78 Å². The number of fused-ring (bicyclic) bond motifs is 1. The van der Waals surface area contributed by atoms with Crippen molar-refractivity contribution in [1.29, 1.82) is 0 Å². The Morgan fingerprint density at radius 3 is 2.55 bits per heavy atom. The van der Waals surface area contributed by atoms with Gasteiger partial charge in [-0.1, -0.05) is 41.9 Å². The first kappa shape index (κ1) is 13.2. The largest absolute Gasteiger partial charge is 0.457 e. The molecule has 2 atom stereocenters. The normalized spacial score (nSPS) is 24.9. The molecule has 2 aromatic rings. The number of halogens is 1. The molecule has 0 saturated heterocycles. The molecule has 0 amide bonds. The molecule has 3 rings (SSSR count). The lowest BCUT2D eigenvalue weighted by Gasteiger charge is -2.38. The van der Waals surface area contributed by atoms with Crippen LogP contribution in [0.2, 0.25) is 5.02 Å². The fraction of sp³-hybridized carbons (Fsp3) is 0.188. The van der Waals surface area contributed by atoms with Gasteiger partial charge >= 0.3 is 0 Å². The molecule has 2 aromatic carbocycles. The summed E-state index contributed by atoms with van der Waals surface area (Å²) in [7, 11) is 0. The van der Waals surface area contributed by atoms with Crippen LogP contribution in [0.5, 0.6) is 5.75 Å². The van der Waals surface area contributed by atoms with Crippen LogP contribution in [0, 0.1) is 5.92 Å². The molecular weight excluding hydrogens is 276 g/mol. The number of benzene rings is 2. The fourth-order valence-electron chi connectivity index (χ4n) is 2.47. The molecule has 0 aliphatic carbocycles. The van der Waals surface area contributed by atoms with Gasteiger partial charge in [0.2, 0.25) is 5.79 Å². The van der Waals surface area contributed by atoms with Gasteiger partial charge in [-0.15, -0.1) is 0 Å². The van der Waals surface area contributed by atoms with Crippen molar-refractivity contribution in [2.45, 2.75) is 12.7 Å². The summed E-state index contributed by atoms with van der Waals surface area (Å²) in [6, 6.07) is 13.7. The molecule has 102 valence electrons. The maximum atomic E-state index is 12.4. The SMILES string of the molecule is C[C@@H]1C(=O)c2ccccc2O[C@@]1(O)c1ccccc1Cl. The molecule has 0 aromatic heterocycles. The Labute approximate surface area is 121 Å². The summed E-state index contributed by atoms with van der Waals surface area (Å²) in [4.78, 5) is 12.4. The van der Waals surface area contributed by atoms with Crippen LogP contribution in [0.4, 0.5) is 0 Å². The number of carbonyl (C=O) groups is 1. The topological polar surface area (TPSA) is 46.5 Å². The van der Waals surface area contributed by atoms with Gasteiger partial charge in [0.05, 0.1) is 16.5 Å². The predicted octanol–water partition coefficient (Wildman–Crippen LogP) is 3.40. The molecule has 1 heterocycles. The molecule has 0 saturated carbocycles. The van der Waals surface area contributed by atoms with Crippen molar-refractivity contribution in [3.8, 4) is 5.75 Å². The first-order valence-electron chi connectivity index (χ1n) is 6.33. The maximum Gasteiger partial charge on any atom is 0.246 e. The highest BCUT2D eigenvalue weighted by Gasteiger charge is 2.48. The Bertz CT molecular complexity index is 683. The molecule has 20 heavy (non-hydrogen) atoms. The van der Waals surface area contributed by atoms with Crippen molar-refractivity contribution in [3.05, 3.63) is 64.7 Å². The second-order valence-electron chi connectivity index (χ2n) is 4.86. The molecule has 0 fully saturated rings. The highest BCUT2D eigenvalue weighted by atomic mass is 35.5. The lowest BCUT2D eigenvalue weighted by atomic mass is 9.84. The number of Topliss-reactive ketones (excluding diaryl/α,β-unsaturated/α-hetero) is 1. The van der Waals surface area contributed by atoms with Crippen molar-refractivity contribution < 1.29 is 14.6 Å². The lowest BCUT2D eigenvalue weighted by Crippen LogP contribution is -2.47. The Morgan fingerprint density at radius 2 is 1.80 bits per heavy atom. The van der Waals surface area contributed by atoms with Crippen LogP contribution in [-0.2, 0) is 5.79 Å². The maximum absolute atomic E-state index is 12.4.